The Morgan fingerprint density at radius 2 is 1.73 bits per heavy atom. The quantitative estimate of drug-likeness (QED) is 0.787. The van der Waals surface area contributed by atoms with Gasteiger partial charge in [0.05, 0.1) is 6.17 Å². The number of rotatable bonds is 5. The van der Waals surface area contributed by atoms with E-state index in [0.29, 0.717) is 5.75 Å². The second kappa shape index (κ2) is 7.06. The van der Waals surface area contributed by atoms with Crippen molar-refractivity contribution in [1.29, 1.82) is 0 Å². The third kappa shape index (κ3) is 3.84. The minimum Gasteiger partial charge on any atom is -0.484 e. The molecule has 2 aromatic carbocycles. The number of hydrogen-bond donors (Lipinski definition) is 3. The van der Waals surface area contributed by atoms with Crippen LogP contribution in [0.1, 0.15) is 18.0 Å². The van der Waals surface area contributed by atoms with Crippen molar-refractivity contribution in [1.82, 2.24) is 16.2 Å². The smallest absolute Gasteiger partial charge is 0.259 e. The van der Waals surface area contributed by atoms with Crippen LogP contribution in [0.4, 0.5) is 0 Å². The van der Waals surface area contributed by atoms with Gasteiger partial charge in [0, 0.05) is 12.5 Å². The van der Waals surface area contributed by atoms with Gasteiger partial charge >= 0.3 is 0 Å². The van der Waals surface area contributed by atoms with Crippen LogP contribution in [-0.2, 0) is 4.79 Å². The molecule has 1 saturated heterocycles. The molecule has 0 saturated carbocycles. The maximum atomic E-state index is 11.9. The first kappa shape index (κ1) is 14.6. The molecular formula is C17H19N3O2. The SMILES string of the molecule is O=C(COc1ccccc1)NC1CC(c2ccccc2)NN1. The van der Waals surface area contributed by atoms with E-state index in [-0.39, 0.29) is 24.7 Å². The Kier molecular flexibility index (Phi) is 4.68. The third-order valence-electron chi connectivity index (χ3n) is 3.55. The predicted molar refractivity (Wildman–Crippen MR) is 83.9 cm³/mol. The number of amides is 1. The maximum absolute atomic E-state index is 11.9. The van der Waals surface area contributed by atoms with Gasteiger partial charge in [0.15, 0.2) is 6.61 Å². The molecule has 3 N–H and O–H groups in total. The molecule has 0 radical (unpaired) electrons. The highest BCUT2D eigenvalue weighted by atomic mass is 16.5. The summed E-state index contributed by atoms with van der Waals surface area (Å²) >= 11 is 0. The fraction of sp³-hybridized carbons (Fsp3) is 0.235. The van der Waals surface area contributed by atoms with Crippen molar-refractivity contribution in [2.75, 3.05) is 6.61 Å². The molecule has 0 aliphatic carbocycles. The summed E-state index contributed by atoms with van der Waals surface area (Å²) in [4.78, 5) is 11.9. The lowest BCUT2D eigenvalue weighted by Crippen LogP contribution is -2.45. The molecule has 1 heterocycles. The molecule has 1 fully saturated rings. The zero-order chi connectivity index (χ0) is 15.2. The van der Waals surface area contributed by atoms with Crippen molar-refractivity contribution in [2.45, 2.75) is 18.6 Å². The van der Waals surface area contributed by atoms with Gasteiger partial charge in [-0.3, -0.25) is 4.79 Å². The highest BCUT2D eigenvalue weighted by molar-refractivity contribution is 5.77. The average Bonchev–Trinajstić information content (AvgIpc) is 3.03. The molecular weight excluding hydrogens is 278 g/mol. The molecule has 5 nitrogen and oxygen atoms in total. The van der Waals surface area contributed by atoms with Crippen LogP contribution in [0.3, 0.4) is 0 Å². The van der Waals surface area contributed by atoms with E-state index < -0.39 is 0 Å². The first-order chi connectivity index (χ1) is 10.8. The molecule has 2 unspecified atom stereocenters. The number of carbonyl (C=O) groups excluding carboxylic acids is 1. The molecule has 5 heteroatoms. The predicted octanol–water partition coefficient (Wildman–Crippen LogP) is 1.75. The number of ether oxygens (including phenoxy) is 1. The Bertz CT molecular complexity index is 604. The van der Waals surface area contributed by atoms with Crippen LogP contribution in [0.2, 0.25) is 0 Å². The monoisotopic (exact) mass is 297 g/mol. The van der Waals surface area contributed by atoms with E-state index in [0.717, 1.165) is 6.42 Å². The van der Waals surface area contributed by atoms with E-state index in [1.165, 1.54) is 5.56 Å². The second-order valence-corrected chi connectivity index (χ2v) is 5.21. The Hall–Kier alpha value is -2.37. The highest BCUT2D eigenvalue weighted by Crippen LogP contribution is 2.20. The first-order valence-corrected chi connectivity index (χ1v) is 7.34. The fourth-order valence-corrected chi connectivity index (χ4v) is 2.46. The van der Waals surface area contributed by atoms with Gasteiger partial charge in [-0.2, -0.15) is 0 Å². The minimum atomic E-state index is -0.142. The van der Waals surface area contributed by atoms with Gasteiger partial charge in [-0.15, -0.1) is 0 Å². The van der Waals surface area contributed by atoms with Crippen molar-refractivity contribution in [3.8, 4) is 5.75 Å². The van der Waals surface area contributed by atoms with Crippen molar-refractivity contribution >= 4 is 5.91 Å². The van der Waals surface area contributed by atoms with Crippen LogP contribution in [0.15, 0.2) is 60.7 Å². The Morgan fingerprint density at radius 3 is 2.45 bits per heavy atom. The van der Waals surface area contributed by atoms with Crippen molar-refractivity contribution in [3.05, 3.63) is 66.2 Å². The zero-order valence-corrected chi connectivity index (χ0v) is 12.2. The van der Waals surface area contributed by atoms with Crippen LogP contribution in [0, 0.1) is 0 Å². The summed E-state index contributed by atoms with van der Waals surface area (Å²) in [6, 6.07) is 19.7. The molecule has 1 aliphatic rings. The molecule has 0 spiro atoms. The minimum absolute atomic E-state index is 0.0121. The number of carbonyl (C=O) groups is 1. The molecule has 22 heavy (non-hydrogen) atoms. The highest BCUT2D eigenvalue weighted by Gasteiger charge is 2.25. The summed E-state index contributed by atoms with van der Waals surface area (Å²) in [5.74, 6) is 0.550. The largest absolute Gasteiger partial charge is 0.484 e. The summed E-state index contributed by atoms with van der Waals surface area (Å²) in [5.41, 5.74) is 7.49. The van der Waals surface area contributed by atoms with Crippen LogP contribution in [-0.4, -0.2) is 18.7 Å². The summed E-state index contributed by atoms with van der Waals surface area (Å²) in [5, 5.41) is 2.91. The summed E-state index contributed by atoms with van der Waals surface area (Å²) in [6.07, 6.45) is 0.693. The zero-order valence-electron chi connectivity index (χ0n) is 12.2. The number of para-hydroxylation sites is 1. The van der Waals surface area contributed by atoms with E-state index in [1.54, 1.807) is 0 Å². The van der Waals surface area contributed by atoms with Crippen LogP contribution < -0.4 is 20.9 Å². The van der Waals surface area contributed by atoms with Gasteiger partial charge in [-0.1, -0.05) is 48.5 Å². The second-order valence-electron chi connectivity index (χ2n) is 5.21. The van der Waals surface area contributed by atoms with Gasteiger partial charge in [0.25, 0.3) is 5.91 Å². The van der Waals surface area contributed by atoms with E-state index in [1.807, 2.05) is 48.5 Å². The summed E-state index contributed by atoms with van der Waals surface area (Å²) < 4.78 is 5.43. The van der Waals surface area contributed by atoms with Crippen LogP contribution >= 0.6 is 0 Å². The molecule has 0 aromatic heterocycles. The third-order valence-corrected chi connectivity index (χ3v) is 3.55. The average molecular weight is 297 g/mol. The number of hydrogen-bond acceptors (Lipinski definition) is 4. The van der Waals surface area contributed by atoms with Gasteiger partial charge in [-0.25, -0.2) is 10.9 Å². The van der Waals surface area contributed by atoms with Gasteiger partial charge in [0.2, 0.25) is 0 Å². The van der Waals surface area contributed by atoms with Crippen molar-refractivity contribution < 1.29 is 9.53 Å². The molecule has 3 rings (SSSR count). The summed E-state index contributed by atoms with van der Waals surface area (Å²) in [7, 11) is 0. The fourth-order valence-electron chi connectivity index (χ4n) is 2.46. The molecule has 114 valence electrons. The van der Waals surface area contributed by atoms with Crippen LogP contribution in [0.5, 0.6) is 5.75 Å². The lowest BCUT2D eigenvalue weighted by atomic mass is 10.0. The molecule has 2 atom stereocenters. The summed E-state index contributed by atoms with van der Waals surface area (Å²) in [6.45, 7) is 0.0121. The maximum Gasteiger partial charge on any atom is 0.259 e. The molecule has 1 aliphatic heterocycles. The number of benzene rings is 2. The lowest BCUT2D eigenvalue weighted by Gasteiger charge is -2.12. The number of hydrazine groups is 1. The van der Waals surface area contributed by atoms with E-state index in [4.69, 9.17) is 4.74 Å². The normalized spacial score (nSPS) is 20.5. The van der Waals surface area contributed by atoms with Gasteiger partial charge < -0.3 is 10.1 Å². The van der Waals surface area contributed by atoms with Crippen molar-refractivity contribution in [3.63, 3.8) is 0 Å². The molecule has 2 aromatic rings. The van der Waals surface area contributed by atoms with Crippen molar-refractivity contribution in [2.24, 2.45) is 0 Å². The number of nitrogens with one attached hydrogen (secondary N) is 3. The Morgan fingerprint density at radius 1 is 1.05 bits per heavy atom. The topological polar surface area (TPSA) is 62.4 Å². The standard InChI is InChI=1S/C17H19N3O2/c21-17(12-22-14-9-5-2-6-10-14)18-16-11-15(19-20-16)13-7-3-1-4-8-13/h1-10,15-16,19-20H,11-12H2,(H,18,21). The lowest BCUT2D eigenvalue weighted by molar-refractivity contribution is -0.123. The van der Waals surface area contributed by atoms with Gasteiger partial charge in [0.1, 0.15) is 5.75 Å². The van der Waals surface area contributed by atoms with E-state index in [2.05, 4.69) is 28.3 Å². The first-order valence-electron chi connectivity index (χ1n) is 7.34. The van der Waals surface area contributed by atoms with E-state index >= 15 is 0 Å². The molecule has 1 amide bonds. The van der Waals surface area contributed by atoms with E-state index in [9.17, 15) is 4.79 Å². The Labute approximate surface area is 129 Å². The van der Waals surface area contributed by atoms with Gasteiger partial charge in [-0.05, 0) is 17.7 Å². The molecule has 0 bridgehead atoms. The Balaban J connectivity index is 1.45. The van der Waals surface area contributed by atoms with Crippen LogP contribution in [0.25, 0.3) is 0 Å².